The van der Waals surface area contributed by atoms with Gasteiger partial charge in [-0.05, 0) is 41.4 Å². The first-order valence-corrected chi connectivity index (χ1v) is 6.82. The summed E-state index contributed by atoms with van der Waals surface area (Å²) in [7, 11) is 1.78. The molecule has 20 heavy (non-hydrogen) atoms. The summed E-state index contributed by atoms with van der Waals surface area (Å²) >= 11 is 3.06. The number of hydrogen-bond acceptors (Lipinski definition) is 3. The van der Waals surface area contributed by atoms with Crippen LogP contribution in [0.4, 0.5) is 8.78 Å². The highest BCUT2D eigenvalue weighted by Crippen LogP contribution is 2.27. The molecule has 7 heteroatoms. The molecule has 3 N–H and O–H groups in total. The molecule has 0 spiro atoms. The van der Waals surface area contributed by atoms with Gasteiger partial charge in [0.15, 0.2) is 0 Å². The molecule has 0 aliphatic rings. The van der Waals surface area contributed by atoms with Gasteiger partial charge in [0.25, 0.3) is 0 Å². The van der Waals surface area contributed by atoms with Crippen molar-refractivity contribution in [2.45, 2.75) is 19.4 Å². The fourth-order valence-corrected chi connectivity index (χ4v) is 2.55. The summed E-state index contributed by atoms with van der Waals surface area (Å²) in [4.78, 5) is 0. The highest BCUT2D eigenvalue weighted by molar-refractivity contribution is 9.10. The molecular formula is C13H15BrF2N4. The van der Waals surface area contributed by atoms with E-state index in [1.54, 1.807) is 17.9 Å². The quantitative estimate of drug-likeness (QED) is 0.509. The zero-order valence-electron chi connectivity index (χ0n) is 11.1. The predicted molar refractivity (Wildman–Crippen MR) is 75.8 cm³/mol. The van der Waals surface area contributed by atoms with Crippen LogP contribution < -0.4 is 11.3 Å². The van der Waals surface area contributed by atoms with E-state index < -0.39 is 17.7 Å². The lowest BCUT2D eigenvalue weighted by atomic mass is 9.99. The number of halogens is 3. The van der Waals surface area contributed by atoms with Crippen molar-refractivity contribution in [2.24, 2.45) is 12.9 Å². The number of rotatable bonds is 4. The van der Waals surface area contributed by atoms with Crippen LogP contribution in [0, 0.1) is 18.6 Å². The van der Waals surface area contributed by atoms with E-state index in [9.17, 15) is 8.78 Å². The molecule has 0 fully saturated rings. The molecule has 1 heterocycles. The Kier molecular flexibility index (Phi) is 4.52. The molecule has 0 saturated heterocycles. The molecule has 0 amide bonds. The van der Waals surface area contributed by atoms with Gasteiger partial charge in [-0.15, -0.1) is 0 Å². The van der Waals surface area contributed by atoms with Crippen LogP contribution in [-0.4, -0.2) is 9.78 Å². The van der Waals surface area contributed by atoms with Gasteiger partial charge in [-0.1, -0.05) is 0 Å². The average molecular weight is 345 g/mol. The van der Waals surface area contributed by atoms with Crippen LogP contribution in [0.2, 0.25) is 0 Å². The number of aryl methyl sites for hydroxylation is 2. The zero-order chi connectivity index (χ0) is 14.9. The lowest BCUT2D eigenvalue weighted by molar-refractivity contribution is 0.496. The molecule has 1 aromatic carbocycles. The fraction of sp³-hybridized carbons (Fsp3) is 0.308. The molecular weight excluding hydrogens is 330 g/mol. The standard InChI is InChI=1S/C13H15BrF2N4/c1-7-9(6-20(2)19-7)12(18-17)5-8-11(15)4-3-10(14)13(8)16/h3-4,6,12,18H,5,17H2,1-2H3. The number of nitrogens with two attached hydrogens (primary N) is 1. The van der Waals surface area contributed by atoms with E-state index in [1.807, 2.05) is 6.92 Å². The normalized spacial score (nSPS) is 12.7. The van der Waals surface area contributed by atoms with Crippen molar-refractivity contribution in [3.05, 3.63) is 51.3 Å². The molecule has 0 aliphatic heterocycles. The minimum atomic E-state index is -0.605. The first-order valence-electron chi connectivity index (χ1n) is 6.02. The van der Waals surface area contributed by atoms with Gasteiger partial charge in [-0.3, -0.25) is 16.0 Å². The van der Waals surface area contributed by atoms with E-state index >= 15 is 0 Å². The predicted octanol–water partition coefficient (Wildman–Crippen LogP) is 2.52. The third kappa shape index (κ3) is 2.89. The fourth-order valence-electron chi connectivity index (χ4n) is 2.18. The van der Waals surface area contributed by atoms with E-state index in [0.717, 1.165) is 11.3 Å². The second-order valence-corrected chi connectivity index (χ2v) is 5.44. The van der Waals surface area contributed by atoms with Crippen LogP contribution in [0.25, 0.3) is 0 Å². The molecule has 1 unspecified atom stereocenters. The summed E-state index contributed by atoms with van der Waals surface area (Å²) in [6.07, 6.45) is 1.88. The molecule has 108 valence electrons. The van der Waals surface area contributed by atoms with Crippen LogP contribution in [0.15, 0.2) is 22.8 Å². The summed E-state index contributed by atoms with van der Waals surface area (Å²) in [6.45, 7) is 1.83. The highest BCUT2D eigenvalue weighted by Gasteiger charge is 2.21. The smallest absolute Gasteiger partial charge is 0.143 e. The van der Waals surface area contributed by atoms with Gasteiger partial charge in [0.05, 0.1) is 16.2 Å². The van der Waals surface area contributed by atoms with Gasteiger partial charge >= 0.3 is 0 Å². The van der Waals surface area contributed by atoms with Crippen LogP contribution in [0.5, 0.6) is 0 Å². The second-order valence-electron chi connectivity index (χ2n) is 4.59. The van der Waals surface area contributed by atoms with Crippen LogP contribution >= 0.6 is 15.9 Å². The molecule has 4 nitrogen and oxygen atoms in total. The Hall–Kier alpha value is -1.31. The molecule has 1 aromatic heterocycles. The highest BCUT2D eigenvalue weighted by atomic mass is 79.9. The van der Waals surface area contributed by atoms with E-state index in [2.05, 4.69) is 26.5 Å². The number of hydrogen-bond donors (Lipinski definition) is 2. The maximum absolute atomic E-state index is 14.0. The van der Waals surface area contributed by atoms with Crippen molar-refractivity contribution >= 4 is 15.9 Å². The van der Waals surface area contributed by atoms with E-state index in [4.69, 9.17) is 5.84 Å². The summed E-state index contributed by atoms with van der Waals surface area (Å²) < 4.78 is 29.7. The summed E-state index contributed by atoms with van der Waals surface area (Å²) in [6, 6.07) is 2.16. The Morgan fingerprint density at radius 1 is 1.45 bits per heavy atom. The molecule has 0 aliphatic carbocycles. The molecule has 0 bridgehead atoms. The summed E-state index contributed by atoms with van der Waals surface area (Å²) in [5.41, 5.74) is 4.17. The van der Waals surface area contributed by atoms with E-state index in [-0.39, 0.29) is 16.5 Å². The SMILES string of the molecule is Cc1nn(C)cc1C(Cc1c(F)ccc(Br)c1F)NN. The lowest BCUT2D eigenvalue weighted by Gasteiger charge is -2.16. The van der Waals surface area contributed by atoms with Crippen molar-refractivity contribution < 1.29 is 8.78 Å². The Labute approximate surface area is 124 Å². The van der Waals surface area contributed by atoms with Crippen molar-refractivity contribution in [3.8, 4) is 0 Å². The summed E-state index contributed by atoms with van der Waals surface area (Å²) in [5, 5.41) is 4.21. The molecule has 2 rings (SSSR count). The van der Waals surface area contributed by atoms with Crippen molar-refractivity contribution in [1.29, 1.82) is 0 Å². The van der Waals surface area contributed by atoms with Crippen LogP contribution in [-0.2, 0) is 13.5 Å². The van der Waals surface area contributed by atoms with Crippen LogP contribution in [0.3, 0.4) is 0 Å². The molecule has 0 radical (unpaired) electrons. The third-order valence-electron chi connectivity index (χ3n) is 3.18. The second kappa shape index (κ2) is 5.99. The Morgan fingerprint density at radius 2 is 2.15 bits per heavy atom. The van der Waals surface area contributed by atoms with Gasteiger partial charge in [-0.25, -0.2) is 8.78 Å². The molecule has 1 atom stereocenters. The van der Waals surface area contributed by atoms with Gasteiger partial charge in [0.1, 0.15) is 11.6 Å². The van der Waals surface area contributed by atoms with Gasteiger partial charge in [-0.2, -0.15) is 5.10 Å². The van der Waals surface area contributed by atoms with Gasteiger partial charge < -0.3 is 0 Å². The van der Waals surface area contributed by atoms with Crippen molar-refractivity contribution in [2.75, 3.05) is 0 Å². The van der Waals surface area contributed by atoms with Gasteiger partial charge in [0, 0.05) is 24.4 Å². The Morgan fingerprint density at radius 3 is 2.70 bits per heavy atom. The lowest BCUT2D eigenvalue weighted by Crippen LogP contribution is -2.30. The number of hydrazine groups is 1. The van der Waals surface area contributed by atoms with Gasteiger partial charge in [0.2, 0.25) is 0 Å². The monoisotopic (exact) mass is 344 g/mol. The minimum Gasteiger partial charge on any atom is -0.275 e. The minimum absolute atomic E-state index is 0.00872. The number of nitrogens with zero attached hydrogens (tertiary/aromatic N) is 2. The van der Waals surface area contributed by atoms with Crippen LogP contribution in [0.1, 0.15) is 22.9 Å². The molecule has 0 saturated carbocycles. The Balaban J connectivity index is 2.36. The average Bonchev–Trinajstić information content (AvgIpc) is 2.74. The maximum Gasteiger partial charge on any atom is 0.143 e. The number of aromatic nitrogens is 2. The zero-order valence-corrected chi connectivity index (χ0v) is 12.7. The van der Waals surface area contributed by atoms with Crippen molar-refractivity contribution in [1.82, 2.24) is 15.2 Å². The number of nitrogens with one attached hydrogen (secondary N) is 1. The number of benzene rings is 1. The van der Waals surface area contributed by atoms with Crippen molar-refractivity contribution in [3.63, 3.8) is 0 Å². The third-order valence-corrected chi connectivity index (χ3v) is 3.79. The molecule has 2 aromatic rings. The largest absolute Gasteiger partial charge is 0.275 e. The first kappa shape index (κ1) is 15.1. The Bertz CT molecular complexity index is 627. The summed E-state index contributed by atoms with van der Waals surface area (Å²) in [5.74, 6) is 4.33. The topological polar surface area (TPSA) is 55.9 Å². The van der Waals surface area contributed by atoms with E-state index in [0.29, 0.717) is 0 Å². The van der Waals surface area contributed by atoms with E-state index in [1.165, 1.54) is 12.1 Å². The maximum atomic E-state index is 14.0. The first-order chi connectivity index (χ1) is 9.43.